The molecule has 1 fully saturated rings. The first kappa shape index (κ1) is 26.5. The van der Waals surface area contributed by atoms with Crippen molar-refractivity contribution in [1.82, 2.24) is 9.88 Å². The number of pyridine rings is 1. The largest absolute Gasteiger partial charge is 0.497 e. The fourth-order valence-corrected chi connectivity index (χ4v) is 5.07. The lowest BCUT2D eigenvalue weighted by Crippen LogP contribution is -2.41. The molecular weight excluding hydrogens is 478 g/mol. The van der Waals surface area contributed by atoms with Crippen molar-refractivity contribution in [3.8, 4) is 17.6 Å². The van der Waals surface area contributed by atoms with Gasteiger partial charge in [0.2, 0.25) is 0 Å². The maximum absolute atomic E-state index is 13.8. The van der Waals surface area contributed by atoms with Crippen LogP contribution in [0.15, 0.2) is 48.7 Å². The fourth-order valence-electron chi connectivity index (χ4n) is 5.07. The molecule has 1 aliphatic heterocycles. The molecular formula is C29H30F2N2O4. The highest BCUT2D eigenvalue weighted by Gasteiger charge is 2.31. The molecule has 1 saturated heterocycles. The number of carboxylic acid groups (broad SMARTS) is 1. The molecule has 0 amide bonds. The first-order valence-electron chi connectivity index (χ1n) is 12.3. The number of aliphatic carboxylic acids is 1. The lowest BCUT2D eigenvalue weighted by molar-refractivity contribution is -0.139. The number of methoxy groups -OCH3 is 1. The number of carboxylic acids is 1. The predicted molar refractivity (Wildman–Crippen MR) is 136 cm³/mol. The van der Waals surface area contributed by atoms with Crippen molar-refractivity contribution in [3.05, 3.63) is 71.4 Å². The summed E-state index contributed by atoms with van der Waals surface area (Å²) in [6, 6.07) is 10.5. The average molecular weight is 509 g/mol. The summed E-state index contributed by atoms with van der Waals surface area (Å²) < 4.78 is 32.5. The van der Waals surface area contributed by atoms with E-state index in [-0.39, 0.29) is 23.8 Å². The van der Waals surface area contributed by atoms with Gasteiger partial charge in [-0.2, -0.15) is 0 Å². The zero-order valence-electron chi connectivity index (χ0n) is 20.7. The number of ether oxygens (including phenoxy) is 1. The first-order valence-corrected chi connectivity index (χ1v) is 12.3. The van der Waals surface area contributed by atoms with Crippen molar-refractivity contribution < 1.29 is 28.5 Å². The fraction of sp³-hybridized carbons (Fsp3) is 0.379. The Balaban J connectivity index is 1.40. The number of rotatable bonds is 8. The molecule has 1 aliphatic rings. The zero-order valence-corrected chi connectivity index (χ0v) is 20.7. The van der Waals surface area contributed by atoms with Gasteiger partial charge in [-0.25, -0.2) is 8.78 Å². The van der Waals surface area contributed by atoms with Gasteiger partial charge in [-0.3, -0.25) is 14.7 Å². The van der Waals surface area contributed by atoms with Gasteiger partial charge in [-0.05, 0) is 85.7 Å². The third-order valence-corrected chi connectivity index (χ3v) is 7.02. The summed E-state index contributed by atoms with van der Waals surface area (Å²) in [6.07, 6.45) is 2.93. The third-order valence-electron chi connectivity index (χ3n) is 7.02. The van der Waals surface area contributed by atoms with Crippen molar-refractivity contribution in [2.75, 3.05) is 26.7 Å². The summed E-state index contributed by atoms with van der Waals surface area (Å²) in [5.41, 5.74) is 1.55. The standard InChI is InChI=1S/C29H30F2N2O4/c1-37-23-6-8-27-25(17-23)24(10-12-32-27)28(34)9-4-19-11-14-33(18-21(19)16-29(35)36)13-2-3-20-15-22(30)5-7-26(20)31/h5-8,10,12,15,17,19,21,28,34H,4,9,11,13-14,16,18H2,1H3,(H,35,36)/t19-,21+,28?/m1/s1. The van der Waals surface area contributed by atoms with E-state index in [1.54, 1.807) is 13.3 Å². The van der Waals surface area contributed by atoms with Gasteiger partial charge in [-0.15, -0.1) is 0 Å². The molecule has 6 nitrogen and oxygen atoms in total. The van der Waals surface area contributed by atoms with Crippen LogP contribution in [0, 0.1) is 35.3 Å². The van der Waals surface area contributed by atoms with E-state index in [1.165, 1.54) is 0 Å². The molecule has 0 aliphatic carbocycles. The Morgan fingerprint density at radius 1 is 1.22 bits per heavy atom. The Morgan fingerprint density at radius 3 is 2.84 bits per heavy atom. The molecule has 194 valence electrons. The molecule has 0 saturated carbocycles. The predicted octanol–water partition coefficient (Wildman–Crippen LogP) is 4.80. The van der Waals surface area contributed by atoms with Crippen LogP contribution in [0.25, 0.3) is 10.9 Å². The third kappa shape index (κ3) is 6.82. The highest BCUT2D eigenvalue weighted by molar-refractivity contribution is 5.83. The number of aromatic nitrogens is 1. The van der Waals surface area contributed by atoms with E-state index in [2.05, 4.69) is 16.8 Å². The maximum atomic E-state index is 13.8. The number of piperidine rings is 1. The Bertz CT molecular complexity index is 1320. The highest BCUT2D eigenvalue weighted by atomic mass is 19.1. The van der Waals surface area contributed by atoms with E-state index in [0.29, 0.717) is 38.2 Å². The monoisotopic (exact) mass is 508 g/mol. The molecule has 4 rings (SSSR count). The van der Waals surface area contributed by atoms with Crippen LogP contribution in [-0.4, -0.2) is 52.8 Å². The Kier molecular flexibility index (Phi) is 8.70. The van der Waals surface area contributed by atoms with E-state index in [4.69, 9.17) is 4.74 Å². The van der Waals surface area contributed by atoms with Crippen LogP contribution >= 0.6 is 0 Å². The number of hydrogen-bond acceptors (Lipinski definition) is 5. The Morgan fingerprint density at radius 2 is 2.05 bits per heavy atom. The zero-order chi connectivity index (χ0) is 26.4. The number of nitrogens with zero attached hydrogens (tertiary/aromatic N) is 2. The molecule has 0 radical (unpaired) electrons. The minimum absolute atomic E-state index is 0.00668. The summed E-state index contributed by atoms with van der Waals surface area (Å²) in [5, 5.41) is 21.3. The number of aliphatic hydroxyl groups is 1. The van der Waals surface area contributed by atoms with E-state index < -0.39 is 23.7 Å². The number of likely N-dealkylation sites (tertiary alicyclic amines) is 1. The molecule has 37 heavy (non-hydrogen) atoms. The summed E-state index contributed by atoms with van der Waals surface area (Å²) in [5.74, 6) is 4.31. The molecule has 1 unspecified atom stereocenters. The lowest BCUT2D eigenvalue weighted by atomic mass is 9.79. The van der Waals surface area contributed by atoms with Crippen LogP contribution < -0.4 is 4.74 Å². The Hall–Kier alpha value is -3.54. The highest BCUT2D eigenvalue weighted by Crippen LogP contribution is 2.34. The number of fused-ring (bicyclic) bond motifs is 1. The van der Waals surface area contributed by atoms with Gasteiger partial charge in [0.1, 0.15) is 17.4 Å². The van der Waals surface area contributed by atoms with E-state index >= 15 is 0 Å². The molecule has 1 aromatic heterocycles. The van der Waals surface area contributed by atoms with Gasteiger partial charge < -0.3 is 14.9 Å². The number of aliphatic hydroxyl groups excluding tert-OH is 1. The quantitative estimate of drug-likeness (QED) is 0.426. The smallest absolute Gasteiger partial charge is 0.303 e. The van der Waals surface area contributed by atoms with Crippen molar-refractivity contribution in [2.45, 2.75) is 31.8 Å². The minimum Gasteiger partial charge on any atom is -0.497 e. The van der Waals surface area contributed by atoms with Crippen LogP contribution in [0.5, 0.6) is 5.75 Å². The second-order valence-corrected chi connectivity index (χ2v) is 9.44. The average Bonchev–Trinajstić information content (AvgIpc) is 2.89. The molecule has 3 atom stereocenters. The minimum atomic E-state index is -0.863. The first-order chi connectivity index (χ1) is 17.8. The number of halogens is 2. The van der Waals surface area contributed by atoms with Gasteiger partial charge in [0.25, 0.3) is 0 Å². The summed E-state index contributed by atoms with van der Waals surface area (Å²) in [4.78, 5) is 18.0. The van der Waals surface area contributed by atoms with Crippen molar-refractivity contribution in [1.29, 1.82) is 0 Å². The summed E-state index contributed by atoms with van der Waals surface area (Å²) in [7, 11) is 1.59. The molecule has 0 bridgehead atoms. The van der Waals surface area contributed by atoms with Crippen LogP contribution in [-0.2, 0) is 4.79 Å². The molecule has 2 N–H and O–H groups in total. The van der Waals surface area contributed by atoms with Gasteiger partial charge >= 0.3 is 5.97 Å². The summed E-state index contributed by atoms with van der Waals surface area (Å²) in [6.45, 7) is 1.60. The van der Waals surface area contributed by atoms with Gasteiger partial charge in [0.05, 0.1) is 30.8 Å². The molecule has 2 aromatic carbocycles. The lowest BCUT2D eigenvalue weighted by Gasteiger charge is -2.37. The molecule has 0 spiro atoms. The second-order valence-electron chi connectivity index (χ2n) is 9.44. The number of carbonyl (C=O) groups is 1. The van der Waals surface area contributed by atoms with Gasteiger partial charge in [-0.1, -0.05) is 11.8 Å². The van der Waals surface area contributed by atoms with E-state index in [9.17, 15) is 23.8 Å². The molecule has 3 aromatic rings. The Labute approximate surface area is 214 Å². The van der Waals surface area contributed by atoms with Crippen molar-refractivity contribution >= 4 is 16.9 Å². The SMILES string of the molecule is COc1ccc2nccc(C(O)CC[C@@H]3CCN(CC#Cc4cc(F)ccc4F)C[C@@H]3CC(=O)O)c2c1. The van der Waals surface area contributed by atoms with Crippen LogP contribution in [0.2, 0.25) is 0 Å². The van der Waals surface area contributed by atoms with E-state index in [1.807, 2.05) is 29.2 Å². The number of benzene rings is 2. The van der Waals surface area contributed by atoms with E-state index in [0.717, 1.165) is 41.1 Å². The van der Waals surface area contributed by atoms with Crippen molar-refractivity contribution in [3.63, 3.8) is 0 Å². The van der Waals surface area contributed by atoms with Gasteiger partial charge in [0.15, 0.2) is 0 Å². The van der Waals surface area contributed by atoms with Crippen molar-refractivity contribution in [2.24, 2.45) is 11.8 Å². The topological polar surface area (TPSA) is 82.9 Å². The van der Waals surface area contributed by atoms with Gasteiger partial charge in [0, 0.05) is 24.5 Å². The molecule has 8 heteroatoms. The second kappa shape index (κ2) is 12.1. The normalized spacial score (nSPS) is 18.7. The molecule has 2 heterocycles. The van der Waals surface area contributed by atoms with Crippen LogP contribution in [0.1, 0.15) is 42.9 Å². The maximum Gasteiger partial charge on any atom is 0.303 e. The van der Waals surface area contributed by atoms with Crippen LogP contribution in [0.4, 0.5) is 8.78 Å². The summed E-state index contributed by atoms with van der Waals surface area (Å²) >= 11 is 0. The number of hydrogen-bond donors (Lipinski definition) is 2. The van der Waals surface area contributed by atoms with Crippen LogP contribution in [0.3, 0.4) is 0 Å².